The molecule has 102 valence electrons. The summed E-state index contributed by atoms with van der Waals surface area (Å²) in [5.74, 6) is -0.214. The lowest BCUT2D eigenvalue weighted by Gasteiger charge is -2.16. The Bertz CT molecular complexity index is 556. The van der Waals surface area contributed by atoms with Gasteiger partial charge in [-0.05, 0) is 43.7 Å². The van der Waals surface area contributed by atoms with Crippen molar-refractivity contribution in [1.29, 1.82) is 0 Å². The van der Waals surface area contributed by atoms with Gasteiger partial charge in [0.25, 0.3) is 0 Å². The van der Waals surface area contributed by atoms with Crippen molar-refractivity contribution in [3.8, 4) is 0 Å². The number of aromatic nitrogens is 1. The molecule has 0 amide bonds. The first-order valence-corrected chi connectivity index (χ1v) is 7.39. The van der Waals surface area contributed by atoms with Crippen LogP contribution in [0.25, 0.3) is 0 Å². The van der Waals surface area contributed by atoms with E-state index in [4.69, 9.17) is 11.6 Å². The fourth-order valence-corrected chi connectivity index (χ4v) is 3.03. The molecule has 19 heavy (non-hydrogen) atoms. The van der Waals surface area contributed by atoms with Crippen LogP contribution in [0.5, 0.6) is 0 Å². The monoisotopic (exact) mass is 298 g/mol. The molecule has 0 bridgehead atoms. The summed E-state index contributed by atoms with van der Waals surface area (Å²) >= 11 is 7.57. The molecule has 0 saturated heterocycles. The van der Waals surface area contributed by atoms with Crippen LogP contribution < -0.4 is 5.32 Å². The molecule has 5 heteroatoms. The van der Waals surface area contributed by atoms with Gasteiger partial charge in [-0.2, -0.15) is 0 Å². The van der Waals surface area contributed by atoms with E-state index in [9.17, 15) is 4.39 Å². The van der Waals surface area contributed by atoms with Crippen molar-refractivity contribution >= 4 is 22.9 Å². The van der Waals surface area contributed by atoms with Crippen LogP contribution in [0, 0.1) is 12.7 Å². The second kappa shape index (κ2) is 6.46. The predicted molar refractivity (Wildman–Crippen MR) is 78.4 cm³/mol. The molecule has 0 aliphatic carbocycles. The fourth-order valence-electron chi connectivity index (χ4n) is 1.98. The van der Waals surface area contributed by atoms with Gasteiger partial charge in [-0.15, -0.1) is 11.3 Å². The Morgan fingerprint density at radius 2 is 2.26 bits per heavy atom. The van der Waals surface area contributed by atoms with E-state index in [1.54, 1.807) is 23.5 Å². The molecule has 1 aromatic carbocycles. The zero-order chi connectivity index (χ0) is 13.8. The fraction of sp³-hybridized carbons (Fsp3) is 0.357. The molecule has 1 atom stereocenters. The van der Waals surface area contributed by atoms with Crippen LogP contribution >= 0.6 is 22.9 Å². The zero-order valence-electron chi connectivity index (χ0n) is 10.9. The van der Waals surface area contributed by atoms with E-state index in [-0.39, 0.29) is 11.9 Å². The summed E-state index contributed by atoms with van der Waals surface area (Å²) in [5, 5.41) is 4.95. The van der Waals surface area contributed by atoms with Gasteiger partial charge < -0.3 is 5.32 Å². The van der Waals surface area contributed by atoms with Gasteiger partial charge in [0.15, 0.2) is 0 Å². The van der Waals surface area contributed by atoms with Gasteiger partial charge in [-0.25, -0.2) is 9.37 Å². The quantitative estimate of drug-likeness (QED) is 0.897. The van der Waals surface area contributed by atoms with Crippen LogP contribution in [0.4, 0.5) is 4.39 Å². The Morgan fingerprint density at radius 1 is 1.47 bits per heavy atom. The first kappa shape index (κ1) is 14.4. The SMILES string of the molecule is CCNC(Cc1cc(Cl)ccc1F)c1cnc(C)s1. The third-order valence-electron chi connectivity index (χ3n) is 2.86. The average Bonchev–Trinajstić information content (AvgIpc) is 2.80. The van der Waals surface area contributed by atoms with Crippen LogP contribution in [0.3, 0.4) is 0 Å². The molecule has 0 aliphatic heterocycles. The molecule has 0 spiro atoms. The third kappa shape index (κ3) is 3.75. The summed E-state index contributed by atoms with van der Waals surface area (Å²) in [5.41, 5.74) is 0.629. The zero-order valence-corrected chi connectivity index (χ0v) is 12.5. The number of halogens is 2. The highest BCUT2D eigenvalue weighted by Gasteiger charge is 2.16. The summed E-state index contributed by atoms with van der Waals surface area (Å²) < 4.78 is 13.8. The molecule has 1 unspecified atom stereocenters. The van der Waals surface area contributed by atoms with E-state index in [1.807, 2.05) is 20.0 Å². The number of benzene rings is 1. The van der Waals surface area contributed by atoms with Crippen molar-refractivity contribution in [3.63, 3.8) is 0 Å². The van der Waals surface area contributed by atoms with E-state index in [1.165, 1.54) is 6.07 Å². The van der Waals surface area contributed by atoms with E-state index in [0.717, 1.165) is 16.4 Å². The van der Waals surface area contributed by atoms with Gasteiger partial charge in [0.2, 0.25) is 0 Å². The van der Waals surface area contributed by atoms with Gasteiger partial charge in [-0.1, -0.05) is 18.5 Å². The lowest BCUT2D eigenvalue weighted by molar-refractivity contribution is 0.533. The van der Waals surface area contributed by atoms with E-state index >= 15 is 0 Å². The van der Waals surface area contributed by atoms with E-state index < -0.39 is 0 Å². The summed E-state index contributed by atoms with van der Waals surface area (Å²) in [6, 6.07) is 4.75. The average molecular weight is 299 g/mol. The summed E-state index contributed by atoms with van der Waals surface area (Å²) in [7, 11) is 0. The van der Waals surface area contributed by atoms with Crippen molar-refractivity contribution in [1.82, 2.24) is 10.3 Å². The number of hydrogen-bond donors (Lipinski definition) is 1. The normalized spacial score (nSPS) is 12.6. The maximum atomic E-state index is 13.8. The molecule has 2 aromatic rings. The molecule has 0 radical (unpaired) electrons. The van der Waals surface area contributed by atoms with Crippen molar-refractivity contribution in [2.75, 3.05) is 6.54 Å². The van der Waals surface area contributed by atoms with Crippen molar-refractivity contribution < 1.29 is 4.39 Å². The minimum Gasteiger partial charge on any atom is -0.309 e. The minimum absolute atomic E-state index is 0.0733. The number of rotatable bonds is 5. The molecule has 0 aliphatic rings. The highest BCUT2D eigenvalue weighted by Crippen LogP contribution is 2.26. The topological polar surface area (TPSA) is 24.9 Å². The van der Waals surface area contributed by atoms with Crippen molar-refractivity contribution in [3.05, 3.63) is 50.7 Å². The number of thiazole rings is 1. The molecular formula is C14H16ClFN2S. The lowest BCUT2D eigenvalue weighted by atomic mass is 10.0. The lowest BCUT2D eigenvalue weighted by Crippen LogP contribution is -2.22. The van der Waals surface area contributed by atoms with Gasteiger partial charge in [0, 0.05) is 22.1 Å². The van der Waals surface area contributed by atoms with Gasteiger partial charge in [0.05, 0.1) is 5.01 Å². The van der Waals surface area contributed by atoms with E-state index in [2.05, 4.69) is 10.3 Å². The molecule has 0 saturated carbocycles. The first-order valence-electron chi connectivity index (χ1n) is 6.19. The Morgan fingerprint density at radius 3 is 2.89 bits per heavy atom. The van der Waals surface area contributed by atoms with Crippen LogP contribution in [0.2, 0.25) is 5.02 Å². The molecule has 1 aromatic heterocycles. The molecule has 0 fully saturated rings. The summed E-state index contributed by atoms with van der Waals surface area (Å²) in [6.45, 7) is 4.83. The molecular weight excluding hydrogens is 283 g/mol. The second-order valence-electron chi connectivity index (χ2n) is 4.33. The Hall–Kier alpha value is -0.970. The largest absolute Gasteiger partial charge is 0.309 e. The van der Waals surface area contributed by atoms with Crippen LogP contribution in [-0.2, 0) is 6.42 Å². The number of aryl methyl sites for hydroxylation is 1. The maximum Gasteiger partial charge on any atom is 0.126 e. The highest BCUT2D eigenvalue weighted by molar-refractivity contribution is 7.11. The molecule has 2 nitrogen and oxygen atoms in total. The summed E-state index contributed by atoms with van der Waals surface area (Å²) in [4.78, 5) is 5.38. The van der Waals surface area contributed by atoms with E-state index in [0.29, 0.717) is 17.0 Å². The van der Waals surface area contributed by atoms with Gasteiger partial charge in [-0.3, -0.25) is 0 Å². The minimum atomic E-state index is -0.214. The number of nitrogens with one attached hydrogen (secondary N) is 1. The summed E-state index contributed by atoms with van der Waals surface area (Å²) in [6.07, 6.45) is 2.43. The Balaban J connectivity index is 2.23. The van der Waals surface area contributed by atoms with Crippen LogP contribution in [0.15, 0.2) is 24.4 Å². The maximum absolute atomic E-state index is 13.8. The van der Waals surface area contributed by atoms with Gasteiger partial charge in [0.1, 0.15) is 5.82 Å². The first-order chi connectivity index (χ1) is 9.10. The molecule has 1 N–H and O–H groups in total. The Labute approximate surface area is 121 Å². The van der Waals surface area contributed by atoms with Crippen LogP contribution in [-0.4, -0.2) is 11.5 Å². The van der Waals surface area contributed by atoms with Crippen molar-refractivity contribution in [2.24, 2.45) is 0 Å². The highest BCUT2D eigenvalue weighted by atomic mass is 35.5. The molecule has 2 rings (SSSR count). The Kier molecular flexibility index (Phi) is 4.91. The van der Waals surface area contributed by atoms with Crippen LogP contribution in [0.1, 0.15) is 28.4 Å². The predicted octanol–water partition coefficient (Wildman–Crippen LogP) is 4.14. The standard InChI is InChI=1S/C14H16ClFN2S/c1-3-17-13(14-8-18-9(2)19-14)7-10-6-11(15)4-5-12(10)16/h4-6,8,13,17H,3,7H2,1-2H3. The molecule has 1 heterocycles. The number of nitrogens with zero attached hydrogens (tertiary/aromatic N) is 1. The number of hydrogen-bond acceptors (Lipinski definition) is 3. The van der Waals surface area contributed by atoms with Gasteiger partial charge >= 0.3 is 0 Å². The third-order valence-corrected chi connectivity index (χ3v) is 4.13. The second-order valence-corrected chi connectivity index (χ2v) is 6.03. The van der Waals surface area contributed by atoms with Crippen molar-refractivity contribution in [2.45, 2.75) is 26.3 Å². The number of likely N-dealkylation sites (N-methyl/N-ethyl adjacent to an activating group) is 1. The smallest absolute Gasteiger partial charge is 0.126 e.